The van der Waals surface area contributed by atoms with E-state index >= 15 is 0 Å². The minimum absolute atomic E-state index is 0.0298. The number of nitrogens with zero attached hydrogens (tertiary/aromatic N) is 4. The second kappa shape index (κ2) is 6.86. The van der Waals surface area contributed by atoms with Crippen LogP contribution in [0.3, 0.4) is 0 Å². The van der Waals surface area contributed by atoms with Crippen LogP contribution in [0.1, 0.15) is 24.1 Å². The lowest BCUT2D eigenvalue weighted by atomic mass is 10.0. The normalized spacial score (nSPS) is 17.8. The number of amides is 2. The Labute approximate surface area is 141 Å². The second-order valence-electron chi connectivity index (χ2n) is 6.19. The lowest BCUT2D eigenvalue weighted by Crippen LogP contribution is -2.52. The quantitative estimate of drug-likeness (QED) is 0.861. The molecule has 0 saturated carbocycles. The minimum atomic E-state index is -0.0965. The monoisotopic (exact) mass is 326 g/mol. The average Bonchev–Trinajstić information content (AvgIpc) is 3.00. The molecule has 0 radical (unpaired) electrons. The van der Waals surface area contributed by atoms with Crippen molar-refractivity contribution in [2.75, 3.05) is 19.6 Å². The molecule has 2 amide bonds. The highest BCUT2D eigenvalue weighted by molar-refractivity contribution is 5.77. The summed E-state index contributed by atoms with van der Waals surface area (Å²) in [6.07, 6.45) is 3.60. The number of carbonyl (C=O) groups excluding carboxylic acids is 2. The zero-order chi connectivity index (χ0) is 17.1. The Hall–Kier alpha value is -2.63. The van der Waals surface area contributed by atoms with Crippen LogP contribution in [-0.4, -0.2) is 51.0 Å². The Morgan fingerprint density at radius 1 is 1.21 bits per heavy atom. The standard InChI is InChI=1S/C18H22N4O2/c1-14-10-19-21(11-14)13-18(24)20-8-9-22(15(2)23)17(12-20)16-6-4-3-5-7-16/h3-7,10-11,17H,8-9,12-13H2,1-2H3/t17-/m0/s1. The van der Waals surface area contributed by atoms with E-state index in [0.29, 0.717) is 19.6 Å². The summed E-state index contributed by atoms with van der Waals surface area (Å²) in [5.74, 6) is 0.0703. The Morgan fingerprint density at radius 3 is 2.58 bits per heavy atom. The van der Waals surface area contributed by atoms with Crippen molar-refractivity contribution in [1.82, 2.24) is 19.6 Å². The topological polar surface area (TPSA) is 58.4 Å². The molecule has 2 heterocycles. The molecule has 1 aliphatic rings. The second-order valence-corrected chi connectivity index (χ2v) is 6.19. The third kappa shape index (κ3) is 3.48. The van der Waals surface area contributed by atoms with E-state index in [1.807, 2.05) is 53.3 Å². The van der Waals surface area contributed by atoms with Crippen LogP contribution >= 0.6 is 0 Å². The molecule has 1 saturated heterocycles. The van der Waals surface area contributed by atoms with Gasteiger partial charge in [0.05, 0.1) is 12.2 Å². The van der Waals surface area contributed by atoms with Gasteiger partial charge >= 0.3 is 0 Å². The van der Waals surface area contributed by atoms with Crippen LogP contribution in [0, 0.1) is 6.92 Å². The molecular weight excluding hydrogens is 304 g/mol. The van der Waals surface area contributed by atoms with Crippen LogP contribution in [-0.2, 0) is 16.1 Å². The van der Waals surface area contributed by atoms with Gasteiger partial charge in [0, 0.05) is 32.8 Å². The summed E-state index contributed by atoms with van der Waals surface area (Å²) < 4.78 is 1.66. The van der Waals surface area contributed by atoms with E-state index in [2.05, 4.69) is 5.10 Å². The molecule has 1 aliphatic heterocycles. The lowest BCUT2D eigenvalue weighted by molar-refractivity contribution is -0.142. The predicted molar refractivity (Wildman–Crippen MR) is 90.1 cm³/mol. The van der Waals surface area contributed by atoms with Gasteiger partial charge in [-0.15, -0.1) is 0 Å². The van der Waals surface area contributed by atoms with Crippen molar-refractivity contribution in [3.05, 3.63) is 53.9 Å². The summed E-state index contributed by atoms with van der Waals surface area (Å²) in [5.41, 5.74) is 2.09. The molecular formula is C18H22N4O2. The van der Waals surface area contributed by atoms with Crippen molar-refractivity contribution in [3.8, 4) is 0 Å². The van der Waals surface area contributed by atoms with Gasteiger partial charge in [0.25, 0.3) is 0 Å². The van der Waals surface area contributed by atoms with Crippen molar-refractivity contribution < 1.29 is 9.59 Å². The van der Waals surface area contributed by atoms with Crippen LogP contribution in [0.25, 0.3) is 0 Å². The van der Waals surface area contributed by atoms with Gasteiger partial charge in [-0.1, -0.05) is 30.3 Å². The fraction of sp³-hybridized carbons (Fsp3) is 0.389. The number of carbonyl (C=O) groups is 2. The molecule has 6 nitrogen and oxygen atoms in total. The third-order valence-corrected chi connectivity index (χ3v) is 4.38. The number of hydrogen-bond donors (Lipinski definition) is 0. The molecule has 1 aromatic heterocycles. The molecule has 6 heteroatoms. The molecule has 0 unspecified atom stereocenters. The van der Waals surface area contributed by atoms with E-state index < -0.39 is 0 Å². The first-order valence-corrected chi connectivity index (χ1v) is 8.13. The molecule has 1 atom stereocenters. The minimum Gasteiger partial charge on any atom is -0.337 e. The fourth-order valence-corrected chi connectivity index (χ4v) is 3.14. The highest BCUT2D eigenvalue weighted by Crippen LogP contribution is 2.25. The van der Waals surface area contributed by atoms with Crippen molar-refractivity contribution >= 4 is 11.8 Å². The summed E-state index contributed by atoms with van der Waals surface area (Å²) in [6, 6.07) is 9.78. The van der Waals surface area contributed by atoms with E-state index in [9.17, 15) is 9.59 Å². The van der Waals surface area contributed by atoms with Gasteiger partial charge in [-0.05, 0) is 18.1 Å². The summed E-state index contributed by atoms with van der Waals surface area (Å²) >= 11 is 0. The first-order chi connectivity index (χ1) is 11.5. The van der Waals surface area contributed by atoms with E-state index in [-0.39, 0.29) is 24.4 Å². The van der Waals surface area contributed by atoms with Gasteiger partial charge < -0.3 is 9.80 Å². The van der Waals surface area contributed by atoms with E-state index in [1.165, 1.54) is 0 Å². The summed E-state index contributed by atoms with van der Waals surface area (Å²) in [5, 5.41) is 4.18. The summed E-state index contributed by atoms with van der Waals surface area (Å²) in [7, 11) is 0. The fourth-order valence-electron chi connectivity index (χ4n) is 3.14. The number of piperazine rings is 1. The van der Waals surface area contributed by atoms with E-state index in [4.69, 9.17) is 0 Å². The van der Waals surface area contributed by atoms with E-state index in [0.717, 1.165) is 11.1 Å². The van der Waals surface area contributed by atoms with Crippen LogP contribution < -0.4 is 0 Å². The van der Waals surface area contributed by atoms with Crippen LogP contribution in [0.4, 0.5) is 0 Å². The number of rotatable bonds is 3. The highest BCUT2D eigenvalue weighted by Gasteiger charge is 2.31. The van der Waals surface area contributed by atoms with Crippen molar-refractivity contribution in [3.63, 3.8) is 0 Å². The van der Waals surface area contributed by atoms with Crippen molar-refractivity contribution in [2.24, 2.45) is 0 Å². The molecule has 1 aromatic carbocycles. The molecule has 0 N–H and O–H groups in total. The van der Waals surface area contributed by atoms with Crippen LogP contribution in [0.15, 0.2) is 42.7 Å². The lowest BCUT2D eigenvalue weighted by Gasteiger charge is -2.41. The van der Waals surface area contributed by atoms with Crippen LogP contribution in [0.5, 0.6) is 0 Å². The maximum absolute atomic E-state index is 12.6. The SMILES string of the molecule is CC(=O)N1CCN(C(=O)Cn2cc(C)cn2)C[C@H]1c1ccccc1. The maximum Gasteiger partial charge on any atom is 0.244 e. The van der Waals surface area contributed by atoms with E-state index in [1.54, 1.807) is 17.8 Å². The molecule has 0 spiro atoms. The third-order valence-electron chi connectivity index (χ3n) is 4.38. The molecule has 126 valence electrons. The molecule has 1 fully saturated rings. The number of benzene rings is 1. The van der Waals surface area contributed by atoms with Gasteiger partial charge in [-0.25, -0.2) is 0 Å². The van der Waals surface area contributed by atoms with Crippen molar-refractivity contribution in [1.29, 1.82) is 0 Å². The summed E-state index contributed by atoms with van der Waals surface area (Å²) in [4.78, 5) is 28.2. The first kappa shape index (κ1) is 16.2. The van der Waals surface area contributed by atoms with Crippen molar-refractivity contribution in [2.45, 2.75) is 26.4 Å². The number of hydrogen-bond acceptors (Lipinski definition) is 3. The predicted octanol–water partition coefficient (Wildman–Crippen LogP) is 1.62. The first-order valence-electron chi connectivity index (χ1n) is 8.13. The Morgan fingerprint density at radius 2 is 1.96 bits per heavy atom. The average molecular weight is 326 g/mol. The zero-order valence-corrected chi connectivity index (χ0v) is 14.1. The van der Waals surface area contributed by atoms with Gasteiger partial charge in [0.1, 0.15) is 6.54 Å². The van der Waals surface area contributed by atoms with Gasteiger partial charge in [0.15, 0.2) is 0 Å². The molecule has 0 bridgehead atoms. The zero-order valence-electron chi connectivity index (χ0n) is 14.1. The number of aryl methyl sites for hydroxylation is 1. The van der Waals surface area contributed by atoms with Crippen LogP contribution in [0.2, 0.25) is 0 Å². The number of aromatic nitrogens is 2. The highest BCUT2D eigenvalue weighted by atomic mass is 16.2. The Kier molecular flexibility index (Phi) is 4.64. The largest absolute Gasteiger partial charge is 0.337 e. The molecule has 24 heavy (non-hydrogen) atoms. The van der Waals surface area contributed by atoms with Gasteiger partial charge in [-0.3, -0.25) is 14.3 Å². The van der Waals surface area contributed by atoms with Gasteiger partial charge in [-0.2, -0.15) is 5.10 Å². The Balaban J connectivity index is 1.75. The summed E-state index contributed by atoms with van der Waals surface area (Å²) in [6.45, 7) is 5.39. The Bertz CT molecular complexity index is 726. The molecule has 0 aliphatic carbocycles. The molecule has 3 rings (SSSR count). The van der Waals surface area contributed by atoms with Gasteiger partial charge in [0.2, 0.25) is 11.8 Å². The molecule has 2 aromatic rings. The maximum atomic E-state index is 12.6. The smallest absolute Gasteiger partial charge is 0.244 e.